The molecule has 0 fully saturated rings. The van der Waals surface area contributed by atoms with Gasteiger partial charge in [-0.05, 0) is 44.4 Å². The van der Waals surface area contributed by atoms with E-state index >= 15 is 0 Å². The zero-order chi connectivity index (χ0) is 22.9. The lowest BCUT2D eigenvalue weighted by Gasteiger charge is -2.27. The summed E-state index contributed by atoms with van der Waals surface area (Å²) in [5, 5.41) is 5.60. The minimum atomic E-state index is -0.678. The van der Waals surface area contributed by atoms with E-state index < -0.39 is 30.1 Å². The smallest absolute Gasteiger partial charge is 0.409 e. The number of carbonyl (C=O) groups is 2. The van der Waals surface area contributed by atoms with E-state index in [-0.39, 0.29) is 6.61 Å². The fourth-order valence-corrected chi connectivity index (χ4v) is 3.02. The summed E-state index contributed by atoms with van der Waals surface area (Å²) in [5.74, 6) is 0. The molecule has 2 amide bonds. The molecule has 0 saturated heterocycles. The second kappa shape index (κ2) is 11.4. The predicted molar refractivity (Wildman–Crippen MR) is 118 cm³/mol. The van der Waals surface area contributed by atoms with Crippen LogP contribution in [0, 0.1) is 6.92 Å². The Labute approximate surface area is 184 Å². The van der Waals surface area contributed by atoms with Crippen LogP contribution in [-0.2, 0) is 20.8 Å². The number of ether oxygens (including phenoxy) is 3. The predicted octanol–water partition coefficient (Wildman–Crippen LogP) is 4.85. The quantitative estimate of drug-likeness (QED) is 0.587. The second-order valence-electron chi connectivity index (χ2n) is 8.22. The summed E-state index contributed by atoms with van der Waals surface area (Å²) in [4.78, 5) is 24.7. The molecule has 0 aliphatic carbocycles. The van der Waals surface area contributed by atoms with Crippen LogP contribution in [0.4, 0.5) is 9.59 Å². The van der Waals surface area contributed by atoms with E-state index in [1.54, 1.807) is 20.8 Å². The van der Waals surface area contributed by atoms with Gasteiger partial charge in [0.2, 0.25) is 0 Å². The molecule has 168 valence electrons. The van der Waals surface area contributed by atoms with Gasteiger partial charge in [0.1, 0.15) is 18.4 Å². The number of hydrogen-bond acceptors (Lipinski definition) is 5. The molecule has 0 heterocycles. The zero-order valence-electron chi connectivity index (χ0n) is 18.8. The van der Waals surface area contributed by atoms with E-state index in [1.807, 2.05) is 61.5 Å². The van der Waals surface area contributed by atoms with Crippen molar-refractivity contribution in [2.45, 2.75) is 58.6 Å². The summed E-state index contributed by atoms with van der Waals surface area (Å²) in [6, 6.07) is 16.7. The van der Waals surface area contributed by atoms with E-state index in [0.717, 1.165) is 16.7 Å². The van der Waals surface area contributed by atoms with Crippen molar-refractivity contribution in [1.29, 1.82) is 0 Å². The number of carbonyl (C=O) groups excluding carboxylic acids is 2. The average molecular weight is 429 g/mol. The molecule has 2 rings (SSSR count). The molecule has 0 aliphatic heterocycles. The number of alkyl carbamates (subject to hydrolysis) is 2. The van der Waals surface area contributed by atoms with Gasteiger partial charge in [0, 0.05) is 13.5 Å². The van der Waals surface area contributed by atoms with E-state index in [4.69, 9.17) is 14.2 Å². The third-order valence-electron chi connectivity index (χ3n) is 4.48. The molecule has 1 unspecified atom stereocenters. The third-order valence-corrected chi connectivity index (χ3v) is 4.48. The van der Waals surface area contributed by atoms with Crippen molar-refractivity contribution in [1.82, 2.24) is 10.6 Å². The minimum absolute atomic E-state index is 0.153. The lowest BCUT2D eigenvalue weighted by molar-refractivity contribution is 0.0371. The lowest BCUT2D eigenvalue weighted by atomic mass is 9.98. The summed E-state index contributed by atoms with van der Waals surface area (Å²) in [7, 11) is 1.49. The van der Waals surface area contributed by atoms with Crippen LogP contribution >= 0.6 is 0 Å². The number of benzene rings is 2. The van der Waals surface area contributed by atoms with Crippen LogP contribution in [0.5, 0.6) is 0 Å². The van der Waals surface area contributed by atoms with Crippen molar-refractivity contribution < 1.29 is 23.8 Å². The van der Waals surface area contributed by atoms with Gasteiger partial charge in [0.15, 0.2) is 0 Å². The fourth-order valence-electron chi connectivity index (χ4n) is 3.02. The zero-order valence-corrected chi connectivity index (χ0v) is 18.8. The maximum atomic E-state index is 12.4. The SMILES string of the molecule is COC(C[C@H](NC(=O)OC(C)(C)C)c1ccccc1C)NC(=O)OCc1ccccc1. The summed E-state index contributed by atoms with van der Waals surface area (Å²) in [6.07, 6.45) is -1.53. The van der Waals surface area contributed by atoms with E-state index in [0.29, 0.717) is 6.42 Å². The molecular weight excluding hydrogens is 396 g/mol. The number of rotatable bonds is 8. The van der Waals surface area contributed by atoms with Crippen LogP contribution in [0.2, 0.25) is 0 Å². The number of nitrogens with one attached hydrogen (secondary N) is 2. The maximum absolute atomic E-state index is 12.4. The Bertz CT molecular complexity index is 849. The first-order valence-corrected chi connectivity index (χ1v) is 10.2. The summed E-state index contributed by atoms with van der Waals surface area (Å²) in [6.45, 7) is 7.52. The largest absolute Gasteiger partial charge is 0.445 e. The van der Waals surface area contributed by atoms with Crippen molar-refractivity contribution in [3.05, 3.63) is 71.3 Å². The highest BCUT2D eigenvalue weighted by Gasteiger charge is 2.25. The highest BCUT2D eigenvalue weighted by Crippen LogP contribution is 2.23. The molecule has 2 aromatic rings. The number of hydrogen-bond donors (Lipinski definition) is 2. The van der Waals surface area contributed by atoms with Gasteiger partial charge < -0.3 is 19.5 Å². The van der Waals surface area contributed by atoms with Crippen molar-refractivity contribution >= 4 is 12.2 Å². The standard InChI is InChI=1S/C24H32N2O5/c1-17-11-9-10-14-19(17)20(25-23(28)31-24(2,3)4)15-21(29-5)26-22(27)30-16-18-12-7-6-8-13-18/h6-14,20-21H,15-16H2,1-5H3,(H,25,28)(H,26,27)/t20-,21?/m0/s1. The number of methoxy groups -OCH3 is 1. The van der Waals surface area contributed by atoms with Crippen LogP contribution in [0.15, 0.2) is 54.6 Å². The van der Waals surface area contributed by atoms with Gasteiger partial charge in [0.25, 0.3) is 0 Å². The highest BCUT2D eigenvalue weighted by atomic mass is 16.6. The van der Waals surface area contributed by atoms with Crippen LogP contribution in [0.3, 0.4) is 0 Å². The molecule has 7 nitrogen and oxygen atoms in total. The maximum Gasteiger partial charge on any atom is 0.409 e. The van der Waals surface area contributed by atoms with Gasteiger partial charge in [-0.25, -0.2) is 9.59 Å². The molecule has 2 N–H and O–H groups in total. The fraction of sp³-hybridized carbons (Fsp3) is 0.417. The van der Waals surface area contributed by atoms with Crippen LogP contribution < -0.4 is 10.6 Å². The Morgan fingerprint density at radius 2 is 1.58 bits per heavy atom. The molecule has 0 radical (unpaired) electrons. The van der Waals surface area contributed by atoms with Crippen LogP contribution in [0.1, 0.15) is 49.9 Å². The van der Waals surface area contributed by atoms with Crippen LogP contribution in [0.25, 0.3) is 0 Å². The number of amides is 2. The van der Waals surface area contributed by atoms with Gasteiger partial charge in [-0.1, -0.05) is 54.6 Å². The topological polar surface area (TPSA) is 85.9 Å². The minimum Gasteiger partial charge on any atom is -0.445 e. The second-order valence-corrected chi connectivity index (χ2v) is 8.22. The molecular formula is C24H32N2O5. The van der Waals surface area contributed by atoms with Gasteiger partial charge in [-0.2, -0.15) is 0 Å². The Morgan fingerprint density at radius 3 is 2.19 bits per heavy atom. The van der Waals surface area contributed by atoms with Gasteiger partial charge in [0.05, 0.1) is 6.04 Å². The molecule has 7 heteroatoms. The molecule has 2 aromatic carbocycles. The summed E-state index contributed by atoms with van der Waals surface area (Å²) < 4.78 is 16.1. The molecule has 0 saturated carbocycles. The molecule has 31 heavy (non-hydrogen) atoms. The van der Waals surface area contributed by atoms with Crippen molar-refractivity contribution in [2.24, 2.45) is 0 Å². The Kier molecular flexibility index (Phi) is 8.88. The van der Waals surface area contributed by atoms with Crippen molar-refractivity contribution in [3.63, 3.8) is 0 Å². The van der Waals surface area contributed by atoms with E-state index in [9.17, 15) is 9.59 Å². The Morgan fingerprint density at radius 1 is 0.935 bits per heavy atom. The van der Waals surface area contributed by atoms with E-state index in [2.05, 4.69) is 10.6 Å². The first-order valence-electron chi connectivity index (χ1n) is 10.2. The first kappa shape index (κ1) is 24.2. The van der Waals surface area contributed by atoms with Gasteiger partial charge in [-0.3, -0.25) is 5.32 Å². The molecule has 2 atom stereocenters. The molecule has 0 aliphatic rings. The first-order chi connectivity index (χ1) is 14.7. The normalized spacial score (nSPS) is 13.1. The average Bonchev–Trinajstić information content (AvgIpc) is 2.71. The van der Waals surface area contributed by atoms with Crippen molar-refractivity contribution in [2.75, 3.05) is 7.11 Å². The number of aryl methyl sites for hydroxylation is 1. The lowest BCUT2D eigenvalue weighted by Crippen LogP contribution is -2.42. The van der Waals surface area contributed by atoms with Gasteiger partial charge in [-0.15, -0.1) is 0 Å². The third kappa shape index (κ3) is 8.68. The van der Waals surface area contributed by atoms with Gasteiger partial charge >= 0.3 is 12.2 Å². The van der Waals surface area contributed by atoms with Crippen molar-refractivity contribution in [3.8, 4) is 0 Å². The van der Waals surface area contributed by atoms with E-state index in [1.165, 1.54) is 7.11 Å². The summed E-state index contributed by atoms with van der Waals surface area (Å²) in [5.41, 5.74) is 2.18. The Hall–Kier alpha value is -3.06. The monoisotopic (exact) mass is 428 g/mol. The Balaban J connectivity index is 2.05. The highest BCUT2D eigenvalue weighted by molar-refractivity contribution is 5.69. The van der Waals surface area contributed by atoms with Crippen LogP contribution in [-0.4, -0.2) is 31.1 Å². The molecule has 0 spiro atoms. The molecule has 0 bridgehead atoms. The molecule has 0 aromatic heterocycles. The summed E-state index contributed by atoms with van der Waals surface area (Å²) >= 11 is 0.